The normalized spacial score (nSPS) is 11.2. The van der Waals surface area contributed by atoms with Crippen molar-refractivity contribution < 1.29 is 9.13 Å². The van der Waals surface area contributed by atoms with E-state index in [4.69, 9.17) is 16.3 Å². The van der Waals surface area contributed by atoms with Crippen molar-refractivity contribution in [2.75, 3.05) is 40.4 Å². The number of halogens is 2. The van der Waals surface area contributed by atoms with E-state index in [0.717, 1.165) is 26.2 Å². The zero-order valence-corrected chi connectivity index (χ0v) is 11.6. The first-order valence-corrected chi connectivity index (χ1v) is 6.33. The van der Waals surface area contributed by atoms with Gasteiger partial charge in [-0.1, -0.05) is 17.7 Å². The summed E-state index contributed by atoms with van der Waals surface area (Å²) in [6.45, 7) is 3.85. The Morgan fingerprint density at radius 2 is 2.17 bits per heavy atom. The fourth-order valence-electron chi connectivity index (χ4n) is 1.52. The third kappa shape index (κ3) is 5.78. The first-order chi connectivity index (χ1) is 8.63. The highest BCUT2D eigenvalue weighted by atomic mass is 35.5. The zero-order valence-electron chi connectivity index (χ0n) is 10.9. The second-order valence-corrected chi connectivity index (χ2v) is 4.65. The molecular weight excluding hydrogens is 255 g/mol. The molecule has 0 heterocycles. The zero-order chi connectivity index (χ0) is 13.4. The predicted octanol–water partition coefficient (Wildman–Crippen LogP) is 2.15. The van der Waals surface area contributed by atoms with Gasteiger partial charge in [0.05, 0.1) is 6.61 Å². The summed E-state index contributed by atoms with van der Waals surface area (Å²) in [5.41, 5.74) is 0.638. The molecule has 1 N–H and O–H groups in total. The molecule has 0 spiro atoms. The van der Waals surface area contributed by atoms with Crippen molar-refractivity contribution in [3.05, 3.63) is 34.6 Å². The minimum atomic E-state index is -0.261. The van der Waals surface area contributed by atoms with Gasteiger partial charge in [-0.25, -0.2) is 4.39 Å². The summed E-state index contributed by atoms with van der Waals surface area (Å²) in [6.07, 6.45) is 0. The topological polar surface area (TPSA) is 24.5 Å². The molecule has 18 heavy (non-hydrogen) atoms. The maximum absolute atomic E-state index is 13.5. The molecule has 0 aliphatic heterocycles. The molecule has 0 aromatic heterocycles. The number of methoxy groups -OCH3 is 1. The number of nitrogens with one attached hydrogen (secondary N) is 1. The predicted molar refractivity (Wildman–Crippen MR) is 72.5 cm³/mol. The van der Waals surface area contributed by atoms with Crippen LogP contribution in [0.4, 0.5) is 4.39 Å². The lowest BCUT2D eigenvalue weighted by Crippen LogP contribution is -2.31. The van der Waals surface area contributed by atoms with Gasteiger partial charge in [0.15, 0.2) is 0 Å². The van der Waals surface area contributed by atoms with Crippen molar-refractivity contribution in [1.82, 2.24) is 10.2 Å². The van der Waals surface area contributed by atoms with E-state index in [2.05, 4.69) is 10.2 Å². The molecule has 1 aromatic carbocycles. The molecule has 3 nitrogen and oxygen atoms in total. The van der Waals surface area contributed by atoms with Crippen LogP contribution in [0, 0.1) is 5.82 Å². The molecule has 5 heteroatoms. The third-order valence-corrected chi connectivity index (χ3v) is 2.91. The van der Waals surface area contributed by atoms with E-state index in [9.17, 15) is 4.39 Å². The lowest BCUT2D eigenvalue weighted by Gasteiger charge is -2.16. The van der Waals surface area contributed by atoms with Gasteiger partial charge in [-0.3, -0.25) is 0 Å². The van der Waals surface area contributed by atoms with Crippen molar-refractivity contribution in [3.8, 4) is 0 Å². The number of hydrogen-bond donors (Lipinski definition) is 1. The Balaban J connectivity index is 2.21. The van der Waals surface area contributed by atoms with Gasteiger partial charge in [0.2, 0.25) is 0 Å². The van der Waals surface area contributed by atoms with E-state index in [1.807, 2.05) is 7.05 Å². The molecule has 1 rings (SSSR count). The molecule has 1 aromatic rings. The standard InChI is InChI=1S/C13H20ClFN2O/c1-17(7-8-18-2)6-5-16-10-11-3-4-12(14)9-13(11)15/h3-4,9,16H,5-8,10H2,1-2H3. The molecule has 0 atom stereocenters. The van der Waals surface area contributed by atoms with Crippen molar-refractivity contribution in [3.63, 3.8) is 0 Å². The van der Waals surface area contributed by atoms with Gasteiger partial charge in [0.1, 0.15) is 5.82 Å². The van der Waals surface area contributed by atoms with Gasteiger partial charge < -0.3 is 15.0 Å². The van der Waals surface area contributed by atoms with Crippen LogP contribution in [0.2, 0.25) is 5.02 Å². The first kappa shape index (κ1) is 15.4. The molecule has 0 amide bonds. The Kier molecular flexibility index (Phi) is 7.20. The molecule has 0 aliphatic carbocycles. The van der Waals surface area contributed by atoms with E-state index in [1.165, 1.54) is 6.07 Å². The van der Waals surface area contributed by atoms with Crippen LogP contribution in [-0.4, -0.2) is 45.3 Å². The fourth-order valence-corrected chi connectivity index (χ4v) is 1.68. The molecule has 0 aliphatic rings. The quantitative estimate of drug-likeness (QED) is 0.735. The largest absolute Gasteiger partial charge is 0.383 e. The summed E-state index contributed by atoms with van der Waals surface area (Å²) in [5.74, 6) is -0.261. The van der Waals surface area contributed by atoms with E-state index < -0.39 is 0 Å². The van der Waals surface area contributed by atoms with Crippen molar-refractivity contribution in [1.29, 1.82) is 0 Å². The van der Waals surface area contributed by atoms with Gasteiger partial charge in [-0.05, 0) is 19.2 Å². The number of likely N-dealkylation sites (N-methyl/N-ethyl adjacent to an activating group) is 1. The minimum absolute atomic E-state index is 0.261. The highest BCUT2D eigenvalue weighted by molar-refractivity contribution is 6.30. The summed E-state index contributed by atoms with van der Waals surface area (Å²) in [7, 11) is 3.72. The maximum atomic E-state index is 13.5. The van der Waals surface area contributed by atoms with Gasteiger partial charge in [-0.15, -0.1) is 0 Å². The van der Waals surface area contributed by atoms with Gasteiger partial charge >= 0.3 is 0 Å². The third-order valence-electron chi connectivity index (χ3n) is 2.68. The van der Waals surface area contributed by atoms with Crippen LogP contribution in [0.3, 0.4) is 0 Å². The minimum Gasteiger partial charge on any atom is -0.383 e. The van der Waals surface area contributed by atoms with Gasteiger partial charge in [0.25, 0.3) is 0 Å². The summed E-state index contributed by atoms with van der Waals surface area (Å²) in [4.78, 5) is 2.16. The van der Waals surface area contributed by atoms with Crippen LogP contribution in [0.25, 0.3) is 0 Å². The van der Waals surface area contributed by atoms with Crippen LogP contribution in [-0.2, 0) is 11.3 Å². The smallest absolute Gasteiger partial charge is 0.129 e. The second-order valence-electron chi connectivity index (χ2n) is 4.21. The monoisotopic (exact) mass is 274 g/mol. The fraction of sp³-hybridized carbons (Fsp3) is 0.538. The Morgan fingerprint density at radius 3 is 2.83 bits per heavy atom. The van der Waals surface area contributed by atoms with Gasteiger partial charge in [0, 0.05) is 43.9 Å². The number of hydrogen-bond acceptors (Lipinski definition) is 3. The van der Waals surface area contributed by atoms with E-state index >= 15 is 0 Å². The number of nitrogens with zero attached hydrogens (tertiary/aromatic N) is 1. The maximum Gasteiger partial charge on any atom is 0.129 e. The molecule has 0 bridgehead atoms. The van der Waals surface area contributed by atoms with E-state index in [0.29, 0.717) is 17.1 Å². The van der Waals surface area contributed by atoms with Crippen LogP contribution in [0.15, 0.2) is 18.2 Å². The van der Waals surface area contributed by atoms with Crippen LogP contribution < -0.4 is 5.32 Å². The lowest BCUT2D eigenvalue weighted by molar-refractivity contribution is 0.161. The summed E-state index contributed by atoms with van der Waals surface area (Å²) >= 11 is 5.69. The second kappa shape index (κ2) is 8.43. The Labute approximate surface area is 113 Å². The Morgan fingerprint density at radius 1 is 1.39 bits per heavy atom. The Hall–Kier alpha value is -0.680. The highest BCUT2D eigenvalue weighted by Crippen LogP contribution is 2.14. The SMILES string of the molecule is COCCN(C)CCNCc1ccc(Cl)cc1F. The summed E-state index contributed by atoms with van der Waals surface area (Å²) in [6, 6.07) is 4.74. The molecule has 0 saturated carbocycles. The molecule has 0 fully saturated rings. The van der Waals surface area contributed by atoms with Crippen LogP contribution in [0.5, 0.6) is 0 Å². The first-order valence-electron chi connectivity index (χ1n) is 5.95. The lowest BCUT2D eigenvalue weighted by atomic mass is 10.2. The highest BCUT2D eigenvalue weighted by Gasteiger charge is 2.02. The number of rotatable bonds is 8. The van der Waals surface area contributed by atoms with E-state index in [-0.39, 0.29) is 5.82 Å². The van der Waals surface area contributed by atoms with E-state index in [1.54, 1.807) is 19.2 Å². The number of ether oxygens (including phenoxy) is 1. The van der Waals surface area contributed by atoms with Gasteiger partial charge in [-0.2, -0.15) is 0 Å². The molecule has 102 valence electrons. The van der Waals surface area contributed by atoms with Crippen molar-refractivity contribution >= 4 is 11.6 Å². The number of benzene rings is 1. The Bertz CT molecular complexity index is 363. The summed E-state index contributed by atoms with van der Waals surface area (Å²) in [5, 5.41) is 3.63. The molecular formula is C13H20ClFN2O. The average molecular weight is 275 g/mol. The van der Waals surface area contributed by atoms with Crippen LogP contribution >= 0.6 is 11.6 Å². The summed E-state index contributed by atoms with van der Waals surface area (Å²) < 4.78 is 18.4. The van der Waals surface area contributed by atoms with Crippen molar-refractivity contribution in [2.24, 2.45) is 0 Å². The van der Waals surface area contributed by atoms with Crippen molar-refractivity contribution in [2.45, 2.75) is 6.54 Å². The molecule has 0 saturated heterocycles. The molecule has 0 radical (unpaired) electrons. The average Bonchev–Trinajstić information content (AvgIpc) is 2.34. The van der Waals surface area contributed by atoms with Crippen LogP contribution in [0.1, 0.15) is 5.56 Å². The molecule has 0 unspecified atom stereocenters.